The molecule has 0 aliphatic carbocycles. The largest absolute Gasteiger partial charge is 0.478 e. The fraction of sp³-hybridized carbons (Fsp3) is 0.250. The molecular weight excluding hydrogens is 350 g/mol. The molecule has 0 radical (unpaired) electrons. The van der Waals surface area contributed by atoms with E-state index in [4.69, 9.17) is 5.11 Å². The fourth-order valence-electron chi connectivity index (χ4n) is 2.11. The number of sulfone groups is 1. The number of thiophene rings is 1. The Morgan fingerprint density at radius 1 is 1.25 bits per heavy atom. The fourth-order valence-corrected chi connectivity index (χ4v) is 3.54. The maximum Gasteiger partial charge on any atom is 0.335 e. The van der Waals surface area contributed by atoms with E-state index in [0.29, 0.717) is 6.42 Å². The Hall–Kier alpha value is -2.19. The van der Waals surface area contributed by atoms with Crippen LogP contribution in [0.15, 0.2) is 40.6 Å². The highest BCUT2D eigenvalue weighted by Crippen LogP contribution is 2.20. The molecule has 2 N–H and O–H groups in total. The van der Waals surface area contributed by atoms with Gasteiger partial charge < -0.3 is 10.4 Å². The van der Waals surface area contributed by atoms with Crippen LogP contribution in [0, 0.1) is 0 Å². The van der Waals surface area contributed by atoms with Crippen LogP contribution < -0.4 is 5.32 Å². The summed E-state index contributed by atoms with van der Waals surface area (Å²) in [7, 11) is -3.58. The quantitative estimate of drug-likeness (QED) is 0.784. The number of carboxylic acids is 1. The summed E-state index contributed by atoms with van der Waals surface area (Å²) >= 11 is 1.62. The van der Waals surface area contributed by atoms with Crippen molar-refractivity contribution in [2.24, 2.45) is 0 Å². The number of rotatable bonds is 7. The van der Waals surface area contributed by atoms with Crippen molar-refractivity contribution in [3.8, 4) is 0 Å². The second-order valence-electron chi connectivity index (χ2n) is 5.30. The van der Waals surface area contributed by atoms with Crippen molar-refractivity contribution in [3.05, 3.63) is 46.2 Å². The monoisotopic (exact) mass is 367 g/mol. The molecule has 1 heterocycles. The van der Waals surface area contributed by atoms with Crippen molar-refractivity contribution in [2.75, 3.05) is 11.6 Å². The van der Waals surface area contributed by atoms with Gasteiger partial charge in [0, 0.05) is 23.2 Å². The van der Waals surface area contributed by atoms with Crippen LogP contribution in [0.3, 0.4) is 0 Å². The van der Waals surface area contributed by atoms with Gasteiger partial charge in [-0.15, -0.1) is 11.3 Å². The molecule has 0 spiro atoms. The van der Waals surface area contributed by atoms with Crippen molar-refractivity contribution in [2.45, 2.75) is 24.2 Å². The van der Waals surface area contributed by atoms with Gasteiger partial charge in [-0.25, -0.2) is 13.2 Å². The van der Waals surface area contributed by atoms with Crippen LogP contribution in [-0.4, -0.2) is 31.7 Å². The first-order valence-electron chi connectivity index (χ1n) is 7.16. The highest BCUT2D eigenvalue weighted by molar-refractivity contribution is 7.90. The first kappa shape index (κ1) is 18.2. The Labute approximate surface area is 144 Å². The van der Waals surface area contributed by atoms with Crippen molar-refractivity contribution in [1.82, 2.24) is 0 Å². The third kappa shape index (κ3) is 5.17. The van der Waals surface area contributed by atoms with E-state index in [1.807, 2.05) is 17.5 Å². The zero-order valence-electron chi connectivity index (χ0n) is 13.0. The van der Waals surface area contributed by atoms with Crippen molar-refractivity contribution < 1.29 is 23.1 Å². The molecule has 24 heavy (non-hydrogen) atoms. The maximum atomic E-state index is 12.0. The lowest BCUT2D eigenvalue weighted by Crippen LogP contribution is -2.13. The molecule has 0 unspecified atom stereocenters. The van der Waals surface area contributed by atoms with Gasteiger partial charge in [-0.1, -0.05) is 6.07 Å². The van der Waals surface area contributed by atoms with Crippen LogP contribution in [0.5, 0.6) is 0 Å². The van der Waals surface area contributed by atoms with E-state index in [0.717, 1.165) is 18.7 Å². The molecule has 1 aromatic carbocycles. The van der Waals surface area contributed by atoms with Crippen LogP contribution in [0.25, 0.3) is 0 Å². The molecule has 0 saturated heterocycles. The minimum atomic E-state index is -3.58. The second-order valence-corrected chi connectivity index (χ2v) is 8.35. The van der Waals surface area contributed by atoms with E-state index in [1.54, 1.807) is 11.3 Å². The highest BCUT2D eigenvalue weighted by atomic mass is 32.2. The van der Waals surface area contributed by atoms with Gasteiger partial charge in [0.05, 0.1) is 10.5 Å². The van der Waals surface area contributed by atoms with Gasteiger partial charge in [0.2, 0.25) is 5.91 Å². The number of aromatic carboxylic acids is 1. The lowest BCUT2D eigenvalue weighted by Gasteiger charge is -2.08. The van der Waals surface area contributed by atoms with Crippen LogP contribution in [-0.2, 0) is 21.1 Å². The zero-order valence-corrected chi connectivity index (χ0v) is 14.6. The average molecular weight is 367 g/mol. The molecule has 128 valence electrons. The number of carbonyl (C=O) groups is 2. The second kappa shape index (κ2) is 7.59. The molecule has 0 saturated carbocycles. The van der Waals surface area contributed by atoms with Crippen LogP contribution in [0.1, 0.15) is 28.1 Å². The van der Waals surface area contributed by atoms with Gasteiger partial charge in [0.25, 0.3) is 0 Å². The van der Waals surface area contributed by atoms with E-state index < -0.39 is 15.8 Å². The summed E-state index contributed by atoms with van der Waals surface area (Å²) in [6.45, 7) is 0. The predicted molar refractivity (Wildman–Crippen MR) is 92.4 cm³/mol. The third-order valence-corrected chi connectivity index (χ3v) is 5.30. The van der Waals surface area contributed by atoms with E-state index in [9.17, 15) is 18.0 Å². The summed E-state index contributed by atoms with van der Waals surface area (Å²) in [6, 6.07) is 7.53. The number of hydrogen-bond acceptors (Lipinski definition) is 5. The van der Waals surface area contributed by atoms with Crippen molar-refractivity contribution in [3.63, 3.8) is 0 Å². The summed E-state index contributed by atoms with van der Waals surface area (Å²) < 4.78 is 23.3. The summed E-state index contributed by atoms with van der Waals surface area (Å²) in [4.78, 5) is 24.1. The van der Waals surface area contributed by atoms with Crippen LogP contribution in [0.4, 0.5) is 5.69 Å². The van der Waals surface area contributed by atoms with Gasteiger partial charge in [-0.05, 0) is 42.5 Å². The first-order chi connectivity index (χ1) is 11.3. The molecule has 1 amide bonds. The molecule has 0 fully saturated rings. The molecule has 0 atom stereocenters. The first-order valence-corrected chi connectivity index (χ1v) is 9.93. The van der Waals surface area contributed by atoms with Crippen molar-refractivity contribution in [1.29, 1.82) is 0 Å². The highest BCUT2D eigenvalue weighted by Gasteiger charge is 2.15. The molecule has 1 aromatic heterocycles. The minimum Gasteiger partial charge on any atom is -0.478 e. The number of carboxylic acid groups (broad SMARTS) is 1. The number of aryl methyl sites for hydroxylation is 1. The number of carbonyl (C=O) groups excluding carboxylic acids is 1. The molecule has 0 aliphatic heterocycles. The average Bonchev–Trinajstić information content (AvgIpc) is 2.99. The standard InChI is InChI=1S/C16H17NO5S2/c1-24(21,22)14-9-11(16(19)20)8-12(10-14)17-15(18)6-2-4-13-5-3-7-23-13/h3,5,7-10H,2,4,6H2,1H3,(H,17,18)(H,19,20). The Balaban J connectivity index is 2.06. The van der Waals surface area contributed by atoms with Gasteiger partial charge in [-0.3, -0.25) is 4.79 Å². The number of hydrogen-bond donors (Lipinski definition) is 2. The van der Waals surface area contributed by atoms with Gasteiger partial charge in [-0.2, -0.15) is 0 Å². The SMILES string of the molecule is CS(=O)(=O)c1cc(NC(=O)CCCc2cccs2)cc(C(=O)O)c1. The third-order valence-electron chi connectivity index (χ3n) is 3.27. The number of benzene rings is 1. The topological polar surface area (TPSA) is 101 Å². The molecule has 2 aromatic rings. The van der Waals surface area contributed by atoms with E-state index >= 15 is 0 Å². The summed E-state index contributed by atoms with van der Waals surface area (Å²) in [6.07, 6.45) is 2.70. The van der Waals surface area contributed by atoms with Crippen LogP contribution in [0.2, 0.25) is 0 Å². The van der Waals surface area contributed by atoms with Crippen molar-refractivity contribution >= 4 is 38.7 Å². The number of amides is 1. The zero-order chi connectivity index (χ0) is 17.7. The molecule has 2 rings (SSSR count). The van der Waals surface area contributed by atoms with E-state index in [-0.39, 0.29) is 28.5 Å². The van der Waals surface area contributed by atoms with Gasteiger partial charge in [0.1, 0.15) is 0 Å². The number of anilines is 1. The van der Waals surface area contributed by atoms with E-state index in [2.05, 4.69) is 5.32 Å². The minimum absolute atomic E-state index is 0.142. The Kier molecular flexibility index (Phi) is 5.74. The molecule has 8 heteroatoms. The van der Waals surface area contributed by atoms with Crippen LogP contribution >= 0.6 is 11.3 Å². The smallest absolute Gasteiger partial charge is 0.335 e. The molecule has 0 aliphatic rings. The summed E-state index contributed by atoms with van der Waals surface area (Å²) in [5.41, 5.74) is -0.0248. The molecule has 0 bridgehead atoms. The Bertz CT molecular complexity index is 841. The summed E-state index contributed by atoms with van der Waals surface area (Å²) in [5.74, 6) is -1.54. The van der Waals surface area contributed by atoms with Gasteiger partial charge >= 0.3 is 5.97 Å². The normalized spacial score (nSPS) is 11.2. The lowest BCUT2D eigenvalue weighted by atomic mass is 10.2. The summed E-state index contributed by atoms with van der Waals surface area (Å²) in [5, 5.41) is 13.6. The van der Waals surface area contributed by atoms with Gasteiger partial charge in [0.15, 0.2) is 9.84 Å². The predicted octanol–water partition coefficient (Wildman–Crippen LogP) is 2.81. The molecular formula is C16H17NO5S2. The Morgan fingerprint density at radius 2 is 2.00 bits per heavy atom. The van der Waals surface area contributed by atoms with E-state index in [1.165, 1.54) is 17.0 Å². The molecule has 6 nitrogen and oxygen atoms in total. The lowest BCUT2D eigenvalue weighted by molar-refractivity contribution is -0.116. The Morgan fingerprint density at radius 3 is 2.58 bits per heavy atom. The number of nitrogens with one attached hydrogen (secondary N) is 1. The maximum absolute atomic E-state index is 12.0.